The van der Waals surface area contributed by atoms with Gasteiger partial charge in [-0.05, 0) is 6.08 Å². The summed E-state index contributed by atoms with van der Waals surface area (Å²) in [6.45, 7) is 0.0907. The quantitative estimate of drug-likeness (QED) is 0.599. The molecule has 0 aromatic heterocycles. The summed E-state index contributed by atoms with van der Waals surface area (Å²) in [5.74, 6) is -1.23. The van der Waals surface area contributed by atoms with Gasteiger partial charge in [-0.1, -0.05) is 12.2 Å². The van der Waals surface area contributed by atoms with E-state index in [4.69, 9.17) is 10.2 Å². The van der Waals surface area contributed by atoms with Gasteiger partial charge < -0.3 is 10.2 Å². The zero-order valence-electron chi connectivity index (χ0n) is 6.10. The van der Waals surface area contributed by atoms with Gasteiger partial charge in [-0.3, -0.25) is 4.90 Å². The van der Waals surface area contributed by atoms with Crippen LogP contribution in [-0.4, -0.2) is 33.7 Å². The molecule has 0 saturated heterocycles. The molecule has 0 bridgehead atoms. The molecule has 1 heterocycles. The van der Waals surface area contributed by atoms with Crippen molar-refractivity contribution in [3.63, 3.8) is 0 Å². The largest absolute Gasteiger partial charge is 0.477 e. The normalized spacial score (nSPS) is 15.7. The topological polar surface area (TPSA) is 77.8 Å². The highest BCUT2D eigenvalue weighted by atomic mass is 16.4. The fraction of sp³-hybridized carbons (Fsp3) is 0.143. The van der Waals surface area contributed by atoms with Crippen molar-refractivity contribution < 1.29 is 19.8 Å². The van der Waals surface area contributed by atoms with Crippen LogP contribution >= 0.6 is 0 Å². The Bertz CT molecular complexity index is 279. The second-order valence-electron chi connectivity index (χ2n) is 2.18. The van der Waals surface area contributed by atoms with Crippen LogP contribution in [0.3, 0.4) is 0 Å². The summed E-state index contributed by atoms with van der Waals surface area (Å²) in [6.07, 6.45) is 3.08. The molecule has 1 aliphatic rings. The van der Waals surface area contributed by atoms with Gasteiger partial charge in [0.05, 0.1) is 0 Å². The minimum Gasteiger partial charge on any atom is -0.477 e. The molecule has 0 aromatic rings. The van der Waals surface area contributed by atoms with Crippen LogP contribution in [-0.2, 0) is 4.79 Å². The monoisotopic (exact) mass is 169 g/mol. The fourth-order valence-corrected chi connectivity index (χ4v) is 0.882. The molecule has 5 heteroatoms. The van der Waals surface area contributed by atoms with E-state index >= 15 is 0 Å². The molecule has 1 aliphatic heterocycles. The van der Waals surface area contributed by atoms with E-state index in [0.717, 1.165) is 4.90 Å². The van der Waals surface area contributed by atoms with Gasteiger partial charge in [0.25, 0.3) is 0 Å². The van der Waals surface area contributed by atoms with Crippen LogP contribution in [0.4, 0.5) is 4.79 Å². The predicted octanol–water partition coefficient (Wildman–Crippen LogP) is 0.505. The molecule has 0 aliphatic carbocycles. The van der Waals surface area contributed by atoms with E-state index < -0.39 is 12.1 Å². The van der Waals surface area contributed by atoms with Gasteiger partial charge >= 0.3 is 12.1 Å². The Hall–Kier alpha value is -1.78. The number of carboxylic acid groups (broad SMARTS) is 2. The van der Waals surface area contributed by atoms with Crippen LogP contribution in [0, 0.1) is 0 Å². The van der Waals surface area contributed by atoms with Gasteiger partial charge in [0.1, 0.15) is 5.70 Å². The van der Waals surface area contributed by atoms with E-state index in [1.807, 2.05) is 0 Å². The van der Waals surface area contributed by atoms with Crippen molar-refractivity contribution in [2.24, 2.45) is 0 Å². The molecule has 12 heavy (non-hydrogen) atoms. The standard InChI is InChI=1S/C7H7NO4/c9-6(10)5-3-1-2-4-8(5)7(11)12/h1-3H,4H2,(H,9,10)(H,11,12). The summed E-state index contributed by atoms with van der Waals surface area (Å²) >= 11 is 0. The highest BCUT2D eigenvalue weighted by Crippen LogP contribution is 2.09. The maximum atomic E-state index is 10.5. The zero-order chi connectivity index (χ0) is 9.14. The Balaban J connectivity index is 2.91. The van der Waals surface area contributed by atoms with Crippen molar-refractivity contribution in [3.8, 4) is 0 Å². The van der Waals surface area contributed by atoms with Gasteiger partial charge in [0, 0.05) is 6.54 Å². The second-order valence-corrected chi connectivity index (χ2v) is 2.18. The van der Waals surface area contributed by atoms with Crippen molar-refractivity contribution in [3.05, 3.63) is 23.9 Å². The molecule has 0 fully saturated rings. The SMILES string of the molecule is O=C(O)C1=CC=CCN1C(=O)O. The molecule has 0 unspecified atom stereocenters. The first-order valence-corrected chi connectivity index (χ1v) is 3.23. The average molecular weight is 169 g/mol. The molecule has 2 N–H and O–H groups in total. The van der Waals surface area contributed by atoms with Crippen molar-refractivity contribution in [2.45, 2.75) is 0 Å². The van der Waals surface area contributed by atoms with Crippen molar-refractivity contribution in [1.29, 1.82) is 0 Å². The first-order valence-electron chi connectivity index (χ1n) is 3.23. The lowest BCUT2D eigenvalue weighted by atomic mass is 10.2. The molecule has 0 saturated carbocycles. The number of rotatable bonds is 1. The first kappa shape index (κ1) is 8.32. The number of hydrogen-bond acceptors (Lipinski definition) is 2. The van der Waals surface area contributed by atoms with Crippen LogP contribution in [0.25, 0.3) is 0 Å². The Kier molecular flexibility index (Phi) is 2.14. The van der Waals surface area contributed by atoms with Crippen molar-refractivity contribution in [2.75, 3.05) is 6.54 Å². The number of amides is 1. The number of allylic oxidation sites excluding steroid dienone is 2. The molecule has 64 valence electrons. The third kappa shape index (κ3) is 1.45. The molecule has 0 spiro atoms. The smallest absolute Gasteiger partial charge is 0.412 e. The summed E-state index contributed by atoms with van der Waals surface area (Å²) in [5, 5.41) is 17.1. The van der Waals surface area contributed by atoms with E-state index in [-0.39, 0.29) is 12.2 Å². The first-order chi connectivity index (χ1) is 5.63. The third-order valence-corrected chi connectivity index (χ3v) is 1.42. The van der Waals surface area contributed by atoms with E-state index in [2.05, 4.69) is 0 Å². The molecule has 0 aromatic carbocycles. The minimum absolute atomic E-state index is 0.0907. The molecule has 5 nitrogen and oxygen atoms in total. The van der Waals surface area contributed by atoms with Gasteiger partial charge in [-0.2, -0.15) is 0 Å². The van der Waals surface area contributed by atoms with Crippen LogP contribution in [0.2, 0.25) is 0 Å². The lowest BCUT2D eigenvalue weighted by molar-refractivity contribution is -0.134. The van der Waals surface area contributed by atoms with E-state index in [1.165, 1.54) is 12.2 Å². The van der Waals surface area contributed by atoms with E-state index in [1.54, 1.807) is 6.08 Å². The maximum Gasteiger partial charge on any atom is 0.412 e. The van der Waals surface area contributed by atoms with Gasteiger partial charge in [-0.15, -0.1) is 0 Å². The van der Waals surface area contributed by atoms with E-state index in [9.17, 15) is 9.59 Å². The molecular weight excluding hydrogens is 162 g/mol. The molecule has 1 rings (SSSR count). The Morgan fingerprint density at radius 2 is 2.08 bits per heavy atom. The van der Waals surface area contributed by atoms with Gasteiger partial charge in [-0.25, -0.2) is 9.59 Å². The maximum absolute atomic E-state index is 10.5. The molecule has 0 radical (unpaired) electrons. The summed E-state index contributed by atoms with van der Waals surface area (Å²) in [4.78, 5) is 21.7. The average Bonchev–Trinajstić information content (AvgIpc) is 2.04. The van der Waals surface area contributed by atoms with Crippen LogP contribution in [0.15, 0.2) is 23.9 Å². The predicted molar refractivity (Wildman–Crippen MR) is 39.6 cm³/mol. The van der Waals surface area contributed by atoms with Crippen LogP contribution in [0.1, 0.15) is 0 Å². The lowest BCUT2D eigenvalue weighted by Gasteiger charge is -2.19. The van der Waals surface area contributed by atoms with Crippen molar-refractivity contribution in [1.82, 2.24) is 4.90 Å². The molecule has 0 atom stereocenters. The fourth-order valence-electron chi connectivity index (χ4n) is 0.882. The van der Waals surface area contributed by atoms with Gasteiger partial charge in [0.15, 0.2) is 0 Å². The Morgan fingerprint density at radius 3 is 2.50 bits per heavy atom. The van der Waals surface area contributed by atoms with Crippen LogP contribution < -0.4 is 0 Å². The molecule has 1 amide bonds. The Morgan fingerprint density at radius 1 is 1.42 bits per heavy atom. The number of nitrogens with zero attached hydrogens (tertiary/aromatic N) is 1. The summed E-state index contributed by atoms with van der Waals surface area (Å²) < 4.78 is 0. The number of carbonyl (C=O) groups is 2. The number of aliphatic carboxylic acids is 1. The minimum atomic E-state index is -1.26. The van der Waals surface area contributed by atoms with Gasteiger partial charge in [0.2, 0.25) is 0 Å². The van der Waals surface area contributed by atoms with Crippen molar-refractivity contribution >= 4 is 12.1 Å². The lowest BCUT2D eigenvalue weighted by Crippen LogP contribution is -2.33. The van der Waals surface area contributed by atoms with E-state index in [0.29, 0.717) is 0 Å². The number of carboxylic acids is 1. The Labute approximate surface area is 68.2 Å². The highest BCUT2D eigenvalue weighted by molar-refractivity contribution is 5.91. The summed E-state index contributed by atoms with van der Waals surface area (Å²) in [6, 6.07) is 0. The number of hydrogen-bond donors (Lipinski definition) is 2. The summed E-state index contributed by atoms with van der Waals surface area (Å²) in [7, 11) is 0. The summed E-state index contributed by atoms with van der Waals surface area (Å²) in [5.41, 5.74) is -0.218. The molecular formula is C7H7NO4. The van der Waals surface area contributed by atoms with Crippen LogP contribution in [0.5, 0.6) is 0 Å². The second kappa shape index (κ2) is 3.08. The highest BCUT2D eigenvalue weighted by Gasteiger charge is 2.22. The third-order valence-electron chi connectivity index (χ3n) is 1.42. The zero-order valence-corrected chi connectivity index (χ0v) is 6.10.